The second kappa shape index (κ2) is 10.3. The number of fused-ring (bicyclic) bond motifs is 3. The van der Waals surface area contributed by atoms with Gasteiger partial charge in [-0.25, -0.2) is 13.1 Å². The topological polar surface area (TPSA) is 91.7 Å². The summed E-state index contributed by atoms with van der Waals surface area (Å²) in [6.45, 7) is 10.1. The maximum Gasteiger partial charge on any atom is 0.240 e. The van der Waals surface area contributed by atoms with Crippen LogP contribution in [-0.2, 0) is 27.1 Å². The zero-order chi connectivity index (χ0) is 27.9. The Morgan fingerprint density at radius 3 is 2.26 bits per heavy atom. The fourth-order valence-electron chi connectivity index (χ4n) is 4.95. The molecular formula is C28H36N3O5SSi. The molecule has 0 saturated heterocycles. The average molecular weight is 555 g/mol. The predicted molar refractivity (Wildman–Crippen MR) is 153 cm³/mol. The fourth-order valence-corrected chi connectivity index (χ4v) is 7.22. The Hall–Kier alpha value is -2.92. The van der Waals surface area contributed by atoms with Crippen molar-refractivity contribution in [3.05, 3.63) is 60.2 Å². The first-order chi connectivity index (χ1) is 17.8. The van der Waals surface area contributed by atoms with E-state index in [1.807, 2.05) is 77.3 Å². The molecule has 1 atom stereocenters. The summed E-state index contributed by atoms with van der Waals surface area (Å²) in [5.41, 5.74) is 1.08. The molecule has 0 aliphatic rings. The second-order valence-corrected chi connectivity index (χ2v) is 14.4. The van der Waals surface area contributed by atoms with Gasteiger partial charge in [0.2, 0.25) is 30.8 Å². The Morgan fingerprint density at radius 2 is 1.63 bits per heavy atom. The number of hydrogen-bond donors (Lipinski definition) is 1. The van der Waals surface area contributed by atoms with Gasteiger partial charge in [-0.2, -0.15) is 4.98 Å². The van der Waals surface area contributed by atoms with Crippen molar-refractivity contribution in [2.75, 3.05) is 20.8 Å². The standard InChI is InChI=1S/C28H36N3O5SSi/c1-27(2,3)28(36-38(7)8,22-14-16-25(34-5)30-26(22)35-6)18-29-37(32,33)19-13-15-24-21(17-19)20-11-9-10-12-23(20)31(24)4/h9-17,29H,18H2,1-8H3. The normalized spacial score (nSPS) is 14.2. The van der Waals surface area contributed by atoms with E-state index >= 15 is 0 Å². The van der Waals surface area contributed by atoms with E-state index in [2.05, 4.69) is 14.3 Å². The number of nitrogens with one attached hydrogen (secondary N) is 1. The van der Waals surface area contributed by atoms with Crippen molar-refractivity contribution in [3.63, 3.8) is 0 Å². The van der Waals surface area contributed by atoms with Crippen LogP contribution in [0, 0.1) is 5.41 Å². The van der Waals surface area contributed by atoms with Crippen LogP contribution in [0.5, 0.6) is 11.8 Å². The number of hydrogen-bond acceptors (Lipinski definition) is 6. The highest BCUT2D eigenvalue weighted by molar-refractivity contribution is 7.89. The monoisotopic (exact) mass is 554 g/mol. The molecule has 1 unspecified atom stereocenters. The van der Waals surface area contributed by atoms with Crippen LogP contribution >= 0.6 is 0 Å². The Balaban J connectivity index is 1.80. The number of benzene rings is 2. The largest absolute Gasteiger partial charge is 0.481 e. The molecule has 4 rings (SSSR count). The fraction of sp³-hybridized carbons (Fsp3) is 0.393. The molecule has 0 amide bonds. The molecule has 0 aliphatic heterocycles. The highest BCUT2D eigenvalue weighted by Crippen LogP contribution is 2.46. The van der Waals surface area contributed by atoms with E-state index in [9.17, 15) is 8.42 Å². The van der Waals surface area contributed by atoms with Crippen LogP contribution in [0.15, 0.2) is 59.5 Å². The van der Waals surface area contributed by atoms with E-state index in [0.29, 0.717) is 17.3 Å². The van der Waals surface area contributed by atoms with Crippen molar-refractivity contribution in [2.45, 2.75) is 44.4 Å². The first kappa shape index (κ1) is 28.1. The maximum absolute atomic E-state index is 13.7. The Labute approximate surface area is 226 Å². The van der Waals surface area contributed by atoms with Crippen molar-refractivity contribution in [1.29, 1.82) is 0 Å². The first-order valence-electron chi connectivity index (χ1n) is 12.4. The van der Waals surface area contributed by atoms with Crippen molar-refractivity contribution in [1.82, 2.24) is 14.3 Å². The minimum absolute atomic E-state index is 0.00732. The molecule has 10 heteroatoms. The third kappa shape index (κ3) is 4.93. The summed E-state index contributed by atoms with van der Waals surface area (Å²) < 4.78 is 50.0. The van der Waals surface area contributed by atoms with Gasteiger partial charge < -0.3 is 18.5 Å². The van der Waals surface area contributed by atoms with Crippen LogP contribution in [0.2, 0.25) is 13.1 Å². The lowest BCUT2D eigenvalue weighted by Crippen LogP contribution is -2.53. The SMILES string of the molecule is COc1ccc(C(CNS(=O)(=O)c2ccc3c(c2)c2ccccc2n3C)(O[Si](C)C)C(C)(C)C)c(OC)n1. The summed E-state index contributed by atoms with van der Waals surface area (Å²) >= 11 is 0. The third-order valence-electron chi connectivity index (χ3n) is 6.97. The van der Waals surface area contributed by atoms with Gasteiger partial charge in [0.25, 0.3) is 0 Å². The van der Waals surface area contributed by atoms with Crippen LogP contribution in [0.4, 0.5) is 0 Å². The van der Waals surface area contributed by atoms with E-state index < -0.39 is 30.1 Å². The van der Waals surface area contributed by atoms with Gasteiger partial charge in [0.1, 0.15) is 5.60 Å². The van der Waals surface area contributed by atoms with Crippen molar-refractivity contribution < 1.29 is 22.3 Å². The second-order valence-electron chi connectivity index (χ2n) is 10.6. The number of nitrogens with zero attached hydrogens (tertiary/aromatic N) is 2. The molecule has 38 heavy (non-hydrogen) atoms. The van der Waals surface area contributed by atoms with Crippen molar-refractivity contribution in [3.8, 4) is 11.8 Å². The van der Waals surface area contributed by atoms with E-state index in [4.69, 9.17) is 13.9 Å². The van der Waals surface area contributed by atoms with Gasteiger partial charge in [-0.15, -0.1) is 0 Å². The van der Waals surface area contributed by atoms with Gasteiger partial charge in [0, 0.05) is 47.0 Å². The van der Waals surface area contributed by atoms with Crippen LogP contribution in [0.25, 0.3) is 21.8 Å². The van der Waals surface area contributed by atoms with E-state index in [0.717, 1.165) is 21.8 Å². The lowest BCUT2D eigenvalue weighted by molar-refractivity contribution is -0.0379. The molecule has 203 valence electrons. The predicted octanol–water partition coefficient (Wildman–Crippen LogP) is 5.23. The van der Waals surface area contributed by atoms with Crippen LogP contribution in [0.1, 0.15) is 26.3 Å². The number of sulfonamides is 1. The zero-order valence-corrected chi connectivity index (χ0v) is 25.1. The van der Waals surface area contributed by atoms with Gasteiger partial charge >= 0.3 is 0 Å². The smallest absolute Gasteiger partial charge is 0.240 e. The summed E-state index contributed by atoms with van der Waals surface area (Å²) in [4.78, 5) is 4.67. The first-order valence-corrected chi connectivity index (χ1v) is 16.3. The molecule has 0 bridgehead atoms. The Morgan fingerprint density at radius 1 is 0.947 bits per heavy atom. The van der Waals surface area contributed by atoms with E-state index in [1.54, 1.807) is 18.2 Å². The molecule has 4 aromatic rings. The molecule has 0 spiro atoms. The van der Waals surface area contributed by atoms with Gasteiger partial charge in [-0.05, 0) is 48.8 Å². The summed E-state index contributed by atoms with van der Waals surface area (Å²) in [6.07, 6.45) is 0. The number of rotatable bonds is 9. The lowest BCUT2D eigenvalue weighted by Gasteiger charge is -2.46. The minimum Gasteiger partial charge on any atom is -0.481 e. The van der Waals surface area contributed by atoms with Crippen LogP contribution in [0.3, 0.4) is 0 Å². The van der Waals surface area contributed by atoms with Crippen LogP contribution in [-0.4, -0.2) is 47.8 Å². The molecule has 0 saturated carbocycles. The lowest BCUT2D eigenvalue weighted by atomic mass is 9.72. The molecule has 2 aromatic heterocycles. The quantitative estimate of drug-likeness (QED) is 0.285. The number of aromatic nitrogens is 2. The van der Waals surface area contributed by atoms with Gasteiger partial charge in [-0.3, -0.25) is 0 Å². The third-order valence-corrected chi connectivity index (χ3v) is 9.12. The number of methoxy groups -OCH3 is 2. The average Bonchev–Trinajstić information content (AvgIpc) is 3.17. The maximum atomic E-state index is 13.7. The molecule has 2 heterocycles. The van der Waals surface area contributed by atoms with Gasteiger partial charge in [0.05, 0.1) is 19.1 Å². The number of pyridine rings is 1. The Bertz CT molecular complexity index is 1580. The minimum atomic E-state index is -3.89. The van der Waals surface area contributed by atoms with E-state index in [1.165, 1.54) is 14.2 Å². The number of para-hydroxylation sites is 1. The summed E-state index contributed by atoms with van der Waals surface area (Å²) in [7, 11) is -0.134. The molecule has 2 aromatic carbocycles. The van der Waals surface area contributed by atoms with Gasteiger partial charge in [0.15, 0.2) is 0 Å². The zero-order valence-electron chi connectivity index (χ0n) is 23.2. The Kier molecular flexibility index (Phi) is 7.64. The molecule has 0 fully saturated rings. The highest BCUT2D eigenvalue weighted by atomic mass is 32.2. The number of ether oxygens (including phenoxy) is 2. The summed E-state index contributed by atoms with van der Waals surface area (Å²) in [6, 6.07) is 16.8. The van der Waals surface area contributed by atoms with Crippen molar-refractivity contribution >= 4 is 40.9 Å². The van der Waals surface area contributed by atoms with Crippen molar-refractivity contribution in [2.24, 2.45) is 12.5 Å². The van der Waals surface area contributed by atoms with Crippen LogP contribution < -0.4 is 14.2 Å². The molecule has 8 nitrogen and oxygen atoms in total. The van der Waals surface area contributed by atoms with Gasteiger partial charge in [-0.1, -0.05) is 39.0 Å². The molecule has 1 radical (unpaired) electrons. The summed E-state index contributed by atoms with van der Waals surface area (Å²) in [5.74, 6) is 0.731. The highest BCUT2D eigenvalue weighted by Gasteiger charge is 2.48. The summed E-state index contributed by atoms with van der Waals surface area (Å²) in [5, 5.41) is 1.89. The molecular weight excluding hydrogens is 518 g/mol. The van der Waals surface area contributed by atoms with E-state index in [-0.39, 0.29) is 11.4 Å². The molecule has 0 aliphatic carbocycles. The number of aryl methyl sites for hydroxylation is 1. The molecule has 1 N–H and O–H groups in total.